The lowest BCUT2D eigenvalue weighted by Gasteiger charge is -2.02. The van der Waals surface area contributed by atoms with Gasteiger partial charge in [-0.15, -0.1) is 6.42 Å². The van der Waals surface area contributed by atoms with E-state index in [-0.39, 0.29) is 6.54 Å². The van der Waals surface area contributed by atoms with Crippen molar-refractivity contribution in [2.45, 2.75) is 39.5 Å². The Morgan fingerprint density at radius 2 is 2.00 bits per heavy atom. The van der Waals surface area contributed by atoms with Gasteiger partial charge in [-0.05, 0) is 12.8 Å². The van der Waals surface area contributed by atoms with E-state index >= 15 is 0 Å². The summed E-state index contributed by atoms with van der Waals surface area (Å²) in [5.41, 5.74) is 0. The van der Waals surface area contributed by atoms with Crippen molar-refractivity contribution >= 4 is 6.09 Å². The van der Waals surface area contributed by atoms with Crippen LogP contribution in [0.2, 0.25) is 0 Å². The molecule has 0 rings (SSSR count). The molecule has 0 aliphatic carbocycles. The molecule has 4 heteroatoms. The third-order valence-electron chi connectivity index (χ3n) is 1.58. The molecule has 0 heterocycles. The first-order valence-corrected chi connectivity index (χ1v) is 5.67. The SMILES string of the molecule is C#CCNC(=O)OCCCC.CCCCO. The Morgan fingerprint density at radius 1 is 1.38 bits per heavy atom. The standard InChI is InChI=1S/C8H13NO2.C4H10O/c1-3-5-7-11-8(10)9-6-4-2;1-2-3-4-5/h2H,3,5-7H2,1H3,(H,9,10);5H,2-4H2,1H3. The van der Waals surface area contributed by atoms with E-state index in [0.717, 1.165) is 25.7 Å². The lowest BCUT2D eigenvalue weighted by molar-refractivity contribution is 0.146. The molecule has 0 aromatic heterocycles. The number of aliphatic hydroxyl groups is 1. The van der Waals surface area contributed by atoms with E-state index in [1.54, 1.807) is 0 Å². The first kappa shape index (κ1) is 17.2. The fraction of sp³-hybridized carbons (Fsp3) is 0.750. The third-order valence-corrected chi connectivity index (χ3v) is 1.58. The Morgan fingerprint density at radius 3 is 2.38 bits per heavy atom. The highest BCUT2D eigenvalue weighted by atomic mass is 16.5. The molecular formula is C12H23NO3. The molecule has 0 aliphatic heterocycles. The highest BCUT2D eigenvalue weighted by molar-refractivity contribution is 5.67. The monoisotopic (exact) mass is 229 g/mol. The number of terminal acetylenes is 1. The van der Waals surface area contributed by atoms with E-state index in [2.05, 4.69) is 18.2 Å². The van der Waals surface area contributed by atoms with Crippen molar-refractivity contribution in [2.24, 2.45) is 0 Å². The summed E-state index contributed by atoms with van der Waals surface area (Å²) in [5.74, 6) is 2.28. The van der Waals surface area contributed by atoms with Gasteiger partial charge in [-0.25, -0.2) is 4.79 Å². The molecule has 2 N–H and O–H groups in total. The summed E-state index contributed by atoms with van der Waals surface area (Å²) in [5, 5.41) is 10.5. The van der Waals surface area contributed by atoms with Crippen LogP contribution in [0.15, 0.2) is 0 Å². The number of carbonyl (C=O) groups excluding carboxylic acids is 1. The van der Waals surface area contributed by atoms with Crippen LogP contribution in [-0.2, 0) is 4.74 Å². The lowest BCUT2D eigenvalue weighted by Crippen LogP contribution is -2.24. The third kappa shape index (κ3) is 18.5. The van der Waals surface area contributed by atoms with Gasteiger partial charge in [0.05, 0.1) is 13.2 Å². The van der Waals surface area contributed by atoms with Gasteiger partial charge in [0.2, 0.25) is 0 Å². The number of unbranched alkanes of at least 4 members (excludes halogenated alkanes) is 2. The molecule has 1 amide bonds. The zero-order valence-electron chi connectivity index (χ0n) is 10.3. The number of aliphatic hydroxyl groups excluding tert-OH is 1. The number of nitrogens with one attached hydrogen (secondary N) is 1. The summed E-state index contributed by atoms with van der Waals surface area (Å²) in [6.07, 6.45) is 8.42. The van der Waals surface area contributed by atoms with Crippen LogP contribution in [0, 0.1) is 12.3 Å². The van der Waals surface area contributed by atoms with Gasteiger partial charge >= 0.3 is 6.09 Å². The van der Waals surface area contributed by atoms with E-state index in [9.17, 15) is 4.79 Å². The highest BCUT2D eigenvalue weighted by Crippen LogP contribution is 1.87. The van der Waals surface area contributed by atoms with Crippen molar-refractivity contribution in [1.29, 1.82) is 0 Å². The summed E-state index contributed by atoms with van der Waals surface area (Å²) in [4.78, 5) is 10.6. The number of ether oxygens (including phenoxy) is 1. The van der Waals surface area contributed by atoms with Crippen LogP contribution in [0.1, 0.15) is 39.5 Å². The Kier molecular flexibility index (Phi) is 17.4. The maximum absolute atomic E-state index is 10.6. The van der Waals surface area contributed by atoms with E-state index < -0.39 is 6.09 Å². The second kappa shape index (κ2) is 16.2. The van der Waals surface area contributed by atoms with Gasteiger partial charge in [0.15, 0.2) is 0 Å². The van der Waals surface area contributed by atoms with Crippen LogP contribution in [0.3, 0.4) is 0 Å². The molecule has 0 saturated carbocycles. The first-order valence-electron chi connectivity index (χ1n) is 5.67. The van der Waals surface area contributed by atoms with E-state index in [4.69, 9.17) is 16.3 Å². The van der Waals surface area contributed by atoms with Crippen molar-refractivity contribution in [3.8, 4) is 12.3 Å². The van der Waals surface area contributed by atoms with Crippen LogP contribution in [0.5, 0.6) is 0 Å². The molecule has 0 fully saturated rings. The molecule has 94 valence electrons. The Balaban J connectivity index is 0. The van der Waals surface area contributed by atoms with Crippen molar-refractivity contribution in [3.63, 3.8) is 0 Å². The van der Waals surface area contributed by atoms with Gasteiger partial charge in [-0.2, -0.15) is 0 Å². The summed E-state index contributed by atoms with van der Waals surface area (Å²) in [6.45, 7) is 5.12. The predicted octanol–water partition coefficient (Wildman–Crippen LogP) is 1.92. The fourth-order valence-electron chi connectivity index (χ4n) is 0.642. The number of hydrogen-bond donors (Lipinski definition) is 2. The second-order valence-electron chi connectivity index (χ2n) is 3.12. The molecule has 0 aliphatic rings. The van der Waals surface area contributed by atoms with Gasteiger partial charge in [-0.1, -0.05) is 32.6 Å². The molecule has 0 bridgehead atoms. The minimum absolute atomic E-state index is 0.227. The van der Waals surface area contributed by atoms with Crippen LogP contribution in [0.25, 0.3) is 0 Å². The van der Waals surface area contributed by atoms with E-state index in [1.807, 2.05) is 6.92 Å². The number of hydrogen-bond acceptors (Lipinski definition) is 3. The molecule has 0 radical (unpaired) electrons. The molecule has 0 saturated heterocycles. The second-order valence-corrected chi connectivity index (χ2v) is 3.12. The summed E-state index contributed by atoms with van der Waals surface area (Å²) < 4.78 is 4.74. The van der Waals surface area contributed by atoms with Crippen molar-refractivity contribution in [1.82, 2.24) is 5.32 Å². The topological polar surface area (TPSA) is 58.6 Å². The van der Waals surface area contributed by atoms with Crippen LogP contribution >= 0.6 is 0 Å². The molecule has 16 heavy (non-hydrogen) atoms. The lowest BCUT2D eigenvalue weighted by atomic mass is 10.4. The molecule has 0 spiro atoms. The van der Waals surface area contributed by atoms with Crippen LogP contribution < -0.4 is 5.32 Å². The van der Waals surface area contributed by atoms with Gasteiger partial charge < -0.3 is 15.2 Å². The average molecular weight is 229 g/mol. The number of amides is 1. The van der Waals surface area contributed by atoms with Gasteiger partial charge in [0.25, 0.3) is 0 Å². The van der Waals surface area contributed by atoms with Crippen LogP contribution in [0.4, 0.5) is 4.79 Å². The molecule has 0 aromatic rings. The smallest absolute Gasteiger partial charge is 0.407 e. The normalized spacial score (nSPS) is 8.38. The first-order chi connectivity index (χ1) is 7.72. The zero-order valence-corrected chi connectivity index (χ0v) is 10.3. The molecule has 0 unspecified atom stereocenters. The number of alkyl carbamates (subject to hydrolysis) is 1. The maximum Gasteiger partial charge on any atom is 0.407 e. The molecular weight excluding hydrogens is 206 g/mol. The zero-order chi connectivity index (χ0) is 12.6. The summed E-state index contributed by atoms with van der Waals surface area (Å²) in [6, 6.07) is 0. The van der Waals surface area contributed by atoms with Crippen molar-refractivity contribution in [2.75, 3.05) is 19.8 Å². The minimum Gasteiger partial charge on any atom is -0.450 e. The summed E-state index contributed by atoms with van der Waals surface area (Å²) in [7, 11) is 0. The average Bonchev–Trinajstić information content (AvgIpc) is 2.29. The Labute approximate surface area is 98.4 Å². The van der Waals surface area contributed by atoms with E-state index in [1.165, 1.54) is 0 Å². The minimum atomic E-state index is -0.434. The largest absolute Gasteiger partial charge is 0.450 e. The van der Waals surface area contributed by atoms with Gasteiger partial charge in [0.1, 0.15) is 0 Å². The molecule has 0 aromatic carbocycles. The predicted molar refractivity (Wildman–Crippen MR) is 65.1 cm³/mol. The number of carbonyl (C=O) groups is 1. The number of rotatable bonds is 6. The Hall–Kier alpha value is -1.21. The quantitative estimate of drug-likeness (QED) is 0.540. The van der Waals surface area contributed by atoms with Crippen molar-refractivity contribution < 1.29 is 14.6 Å². The van der Waals surface area contributed by atoms with Gasteiger partial charge in [0, 0.05) is 6.61 Å². The summed E-state index contributed by atoms with van der Waals surface area (Å²) >= 11 is 0. The molecule has 4 nitrogen and oxygen atoms in total. The maximum atomic E-state index is 10.6. The molecule has 0 atom stereocenters. The Bertz CT molecular complexity index is 185. The fourth-order valence-corrected chi connectivity index (χ4v) is 0.642. The highest BCUT2D eigenvalue weighted by Gasteiger charge is 1.96. The van der Waals surface area contributed by atoms with E-state index in [0.29, 0.717) is 13.2 Å². The van der Waals surface area contributed by atoms with Crippen LogP contribution in [-0.4, -0.2) is 31.0 Å². The van der Waals surface area contributed by atoms with Gasteiger partial charge in [-0.3, -0.25) is 0 Å². The van der Waals surface area contributed by atoms with Crippen molar-refractivity contribution in [3.05, 3.63) is 0 Å².